The molecule has 6 heteroatoms. The number of hydrogen-bond acceptors (Lipinski definition) is 5. The van der Waals surface area contributed by atoms with Gasteiger partial charge in [-0.15, -0.1) is 0 Å². The molecular weight excluding hydrogens is 340 g/mol. The lowest BCUT2D eigenvalue weighted by Crippen LogP contribution is -2.51. The van der Waals surface area contributed by atoms with Crippen LogP contribution in [-0.2, 0) is 9.47 Å². The summed E-state index contributed by atoms with van der Waals surface area (Å²) in [6.45, 7) is 5.98. The van der Waals surface area contributed by atoms with Crippen LogP contribution in [0.15, 0.2) is 42.7 Å². The summed E-state index contributed by atoms with van der Waals surface area (Å²) in [4.78, 5) is 5.15. The van der Waals surface area contributed by atoms with E-state index in [0.717, 1.165) is 51.5 Å². The Morgan fingerprint density at radius 1 is 1.11 bits per heavy atom. The average molecular weight is 370 g/mol. The number of aromatic nitrogens is 2. The molecule has 2 aliphatic rings. The van der Waals surface area contributed by atoms with Crippen LogP contribution in [0.1, 0.15) is 19.3 Å². The second-order valence-corrected chi connectivity index (χ2v) is 7.45. The van der Waals surface area contributed by atoms with Crippen LogP contribution >= 0.6 is 0 Å². The number of morpholine rings is 1. The summed E-state index contributed by atoms with van der Waals surface area (Å²) in [5.74, 6) is 0. The highest BCUT2D eigenvalue weighted by Gasteiger charge is 2.29. The smallest absolute Gasteiger partial charge is 0.0724 e. The minimum absolute atomic E-state index is 0.326. The van der Waals surface area contributed by atoms with Gasteiger partial charge in [0.15, 0.2) is 0 Å². The fourth-order valence-electron chi connectivity index (χ4n) is 4.22. The second kappa shape index (κ2) is 8.87. The molecule has 0 bridgehead atoms. The van der Waals surface area contributed by atoms with Crippen molar-refractivity contribution < 1.29 is 9.47 Å². The molecule has 1 aromatic heterocycles. The van der Waals surface area contributed by atoms with Gasteiger partial charge in [0.05, 0.1) is 18.4 Å². The van der Waals surface area contributed by atoms with E-state index in [1.165, 1.54) is 18.5 Å². The Bertz CT molecular complexity index is 681. The Morgan fingerprint density at radius 3 is 2.59 bits per heavy atom. The molecule has 6 nitrogen and oxygen atoms in total. The standard InChI is InChI=1S/C21H30N4O2/c1-26-15-9-21-17-24(14-16-27-21)19-7-12-23(13-8-19)18-3-5-20(6-4-18)25-11-2-10-22-25/h2-6,10-11,19,21H,7-9,12-17H2,1H3. The fraction of sp³-hybridized carbons (Fsp3) is 0.571. The predicted octanol–water partition coefficient (Wildman–Crippen LogP) is 2.58. The molecule has 2 aliphatic heterocycles. The van der Waals surface area contributed by atoms with Gasteiger partial charge >= 0.3 is 0 Å². The quantitative estimate of drug-likeness (QED) is 0.782. The van der Waals surface area contributed by atoms with Crippen molar-refractivity contribution in [3.63, 3.8) is 0 Å². The van der Waals surface area contributed by atoms with E-state index < -0.39 is 0 Å². The molecule has 1 aromatic carbocycles. The summed E-state index contributed by atoms with van der Waals surface area (Å²) in [5, 5.41) is 4.29. The Hall–Kier alpha value is -1.89. The largest absolute Gasteiger partial charge is 0.385 e. The van der Waals surface area contributed by atoms with E-state index in [0.29, 0.717) is 12.1 Å². The third-order valence-electron chi connectivity index (χ3n) is 5.78. The van der Waals surface area contributed by atoms with Crippen molar-refractivity contribution in [3.8, 4) is 5.69 Å². The van der Waals surface area contributed by atoms with E-state index in [1.807, 2.05) is 23.1 Å². The molecule has 2 saturated heterocycles. The Balaban J connectivity index is 1.30. The summed E-state index contributed by atoms with van der Waals surface area (Å²) in [5.41, 5.74) is 2.42. The normalized spacial score (nSPS) is 22.3. The van der Waals surface area contributed by atoms with Gasteiger partial charge in [0, 0.05) is 64.0 Å². The van der Waals surface area contributed by atoms with Crippen LogP contribution < -0.4 is 4.90 Å². The van der Waals surface area contributed by atoms with Gasteiger partial charge in [-0.25, -0.2) is 4.68 Å². The lowest BCUT2D eigenvalue weighted by Gasteiger charge is -2.42. The summed E-state index contributed by atoms with van der Waals surface area (Å²) in [6, 6.07) is 11.4. The molecule has 0 amide bonds. The average Bonchev–Trinajstić information content (AvgIpc) is 3.28. The number of rotatable bonds is 6. The van der Waals surface area contributed by atoms with Crippen LogP contribution in [0.4, 0.5) is 5.69 Å². The number of hydrogen-bond donors (Lipinski definition) is 0. The predicted molar refractivity (Wildman–Crippen MR) is 107 cm³/mol. The summed E-state index contributed by atoms with van der Waals surface area (Å²) >= 11 is 0. The van der Waals surface area contributed by atoms with Crippen LogP contribution in [0, 0.1) is 0 Å². The van der Waals surface area contributed by atoms with Crippen molar-refractivity contribution >= 4 is 5.69 Å². The van der Waals surface area contributed by atoms with Crippen LogP contribution in [-0.4, -0.2) is 73.3 Å². The molecule has 0 spiro atoms. The minimum Gasteiger partial charge on any atom is -0.385 e. The fourth-order valence-corrected chi connectivity index (χ4v) is 4.22. The summed E-state index contributed by atoms with van der Waals surface area (Å²) in [7, 11) is 1.76. The van der Waals surface area contributed by atoms with E-state index in [2.05, 4.69) is 39.2 Å². The van der Waals surface area contributed by atoms with Crippen molar-refractivity contribution in [2.24, 2.45) is 0 Å². The highest BCUT2D eigenvalue weighted by atomic mass is 16.5. The Labute approximate surface area is 161 Å². The molecule has 0 aliphatic carbocycles. The first-order valence-corrected chi connectivity index (χ1v) is 10.0. The molecule has 2 fully saturated rings. The topological polar surface area (TPSA) is 42.8 Å². The van der Waals surface area contributed by atoms with E-state index in [-0.39, 0.29) is 0 Å². The maximum Gasteiger partial charge on any atom is 0.0724 e. The van der Waals surface area contributed by atoms with Gasteiger partial charge in [0.2, 0.25) is 0 Å². The number of ether oxygens (including phenoxy) is 2. The molecule has 0 saturated carbocycles. The number of nitrogens with zero attached hydrogens (tertiary/aromatic N) is 4. The van der Waals surface area contributed by atoms with Crippen LogP contribution in [0.3, 0.4) is 0 Å². The van der Waals surface area contributed by atoms with E-state index in [9.17, 15) is 0 Å². The molecule has 4 rings (SSSR count). The van der Waals surface area contributed by atoms with Crippen molar-refractivity contribution in [2.75, 3.05) is 51.4 Å². The van der Waals surface area contributed by atoms with Gasteiger partial charge in [0.1, 0.15) is 0 Å². The van der Waals surface area contributed by atoms with E-state index in [4.69, 9.17) is 9.47 Å². The molecule has 2 aromatic rings. The maximum atomic E-state index is 5.89. The molecule has 3 heterocycles. The van der Waals surface area contributed by atoms with Crippen LogP contribution in [0.2, 0.25) is 0 Å². The zero-order valence-electron chi connectivity index (χ0n) is 16.2. The Morgan fingerprint density at radius 2 is 1.89 bits per heavy atom. The third kappa shape index (κ3) is 4.51. The lowest BCUT2D eigenvalue weighted by atomic mass is 10.0. The second-order valence-electron chi connectivity index (χ2n) is 7.45. The van der Waals surface area contributed by atoms with Crippen LogP contribution in [0.5, 0.6) is 0 Å². The first-order chi connectivity index (χ1) is 13.3. The SMILES string of the molecule is COCCC1CN(C2CCN(c3ccc(-n4cccn4)cc3)CC2)CCO1. The van der Waals surface area contributed by atoms with Crippen molar-refractivity contribution in [1.82, 2.24) is 14.7 Å². The molecule has 0 radical (unpaired) electrons. The van der Waals surface area contributed by atoms with E-state index in [1.54, 1.807) is 7.11 Å². The molecule has 1 unspecified atom stereocenters. The zero-order valence-corrected chi connectivity index (χ0v) is 16.2. The summed E-state index contributed by atoms with van der Waals surface area (Å²) in [6.07, 6.45) is 7.54. The molecular formula is C21H30N4O2. The number of anilines is 1. The monoisotopic (exact) mass is 370 g/mol. The molecule has 27 heavy (non-hydrogen) atoms. The van der Waals surface area contributed by atoms with Crippen LogP contribution in [0.25, 0.3) is 5.69 Å². The minimum atomic E-state index is 0.326. The van der Waals surface area contributed by atoms with Crippen molar-refractivity contribution in [1.29, 1.82) is 0 Å². The number of benzene rings is 1. The third-order valence-corrected chi connectivity index (χ3v) is 5.78. The van der Waals surface area contributed by atoms with Gasteiger partial charge < -0.3 is 14.4 Å². The first-order valence-electron chi connectivity index (χ1n) is 10.0. The Kier molecular flexibility index (Phi) is 6.07. The van der Waals surface area contributed by atoms with Gasteiger partial charge in [-0.1, -0.05) is 0 Å². The highest BCUT2D eigenvalue weighted by Crippen LogP contribution is 2.25. The zero-order chi connectivity index (χ0) is 18.5. The first kappa shape index (κ1) is 18.5. The van der Waals surface area contributed by atoms with Crippen molar-refractivity contribution in [3.05, 3.63) is 42.7 Å². The van der Waals surface area contributed by atoms with Gasteiger partial charge in [0.25, 0.3) is 0 Å². The van der Waals surface area contributed by atoms with Crippen molar-refractivity contribution in [2.45, 2.75) is 31.4 Å². The highest BCUT2D eigenvalue weighted by molar-refractivity contribution is 5.51. The van der Waals surface area contributed by atoms with Gasteiger partial charge in [-0.05, 0) is 49.6 Å². The molecule has 0 N–H and O–H groups in total. The maximum absolute atomic E-state index is 5.89. The summed E-state index contributed by atoms with van der Waals surface area (Å²) < 4.78 is 13.0. The van der Waals surface area contributed by atoms with Gasteiger partial charge in [-0.2, -0.15) is 5.10 Å². The molecule has 146 valence electrons. The number of piperidine rings is 1. The number of methoxy groups -OCH3 is 1. The van der Waals surface area contributed by atoms with Gasteiger partial charge in [-0.3, -0.25) is 4.90 Å². The molecule has 1 atom stereocenters. The van der Waals surface area contributed by atoms with E-state index >= 15 is 0 Å². The lowest BCUT2D eigenvalue weighted by molar-refractivity contribution is -0.0565.